The lowest BCUT2D eigenvalue weighted by atomic mass is 9.85. The molecule has 0 aromatic carbocycles. The van der Waals surface area contributed by atoms with E-state index in [9.17, 15) is 5.11 Å². The second kappa shape index (κ2) is 6.24. The Morgan fingerprint density at radius 1 is 1.08 bits per heavy atom. The zero-order valence-electron chi connectivity index (χ0n) is 8.64. The summed E-state index contributed by atoms with van der Waals surface area (Å²) in [5.74, 6) is 0. The smallest absolute Gasteiger partial charge is 0.0827 e. The molecule has 1 N–H and O–H groups in total. The van der Waals surface area contributed by atoms with Crippen molar-refractivity contribution >= 4 is 0 Å². The third-order valence-corrected chi connectivity index (χ3v) is 2.20. The lowest BCUT2D eigenvalue weighted by Crippen LogP contribution is -2.28. The fourth-order valence-electron chi connectivity index (χ4n) is 1.64. The first-order valence-electron chi connectivity index (χ1n) is 5.13. The van der Waals surface area contributed by atoms with Crippen molar-refractivity contribution in [3.05, 3.63) is 12.2 Å². The van der Waals surface area contributed by atoms with E-state index in [0.29, 0.717) is 0 Å². The molecule has 0 radical (unpaired) electrons. The van der Waals surface area contributed by atoms with E-state index >= 15 is 0 Å². The maximum Gasteiger partial charge on any atom is 0.0827 e. The molecule has 0 unspecified atom stereocenters. The lowest BCUT2D eigenvalue weighted by Gasteiger charge is -2.28. The van der Waals surface area contributed by atoms with Crippen molar-refractivity contribution in [3.8, 4) is 0 Å². The highest BCUT2D eigenvalue weighted by Gasteiger charge is 2.25. The van der Waals surface area contributed by atoms with Gasteiger partial charge in [-0.25, -0.2) is 0 Å². The second-order valence-electron chi connectivity index (χ2n) is 3.16. The molecule has 12 heavy (non-hydrogen) atoms. The molecule has 0 aliphatic heterocycles. The highest BCUT2D eigenvalue weighted by molar-refractivity contribution is 5.00. The van der Waals surface area contributed by atoms with E-state index < -0.39 is 5.60 Å². The first-order chi connectivity index (χ1) is 5.77. The summed E-state index contributed by atoms with van der Waals surface area (Å²) in [7, 11) is 0. The predicted octanol–water partition coefficient (Wildman–Crippen LogP) is 3.28. The van der Waals surface area contributed by atoms with Crippen LogP contribution in [0.4, 0.5) is 0 Å². The Morgan fingerprint density at radius 2 is 1.58 bits per heavy atom. The Hall–Kier alpha value is -0.300. The molecule has 1 fully saturated rings. The molecule has 1 aliphatic rings. The molecule has 1 aliphatic carbocycles. The van der Waals surface area contributed by atoms with Gasteiger partial charge >= 0.3 is 0 Å². The van der Waals surface area contributed by atoms with Crippen LogP contribution in [-0.2, 0) is 0 Å². The van der Waals surface area contributed by atoms with Gasteiger partial charge in [0.05, 0.1) is 5.60 Å². The van der Waals surface area contributed by atoms with E-state index in [1.807, 2.05) is 32.9 Å². The molecule has 0 heterocycles. The molecule has 1 rings (SSSR count). The molecule has 72 valence electrons. The molecule has 0 amide bonds. The summed E-state index contributed by atoms with van der Waals surface area (Å²) in [5.41, 5.74) is -0.451. The predicted molar refractivity (Wildman–Crippen MR) is 54.2 cm³/mol. The third-order valence-electron chi connectivity index (χ3n) is 2.20. The first kappa shape index (κ1) is 11.7. The number of hydrogen-bond acceptors (Lipinski definition) is 1. The number of rotatable bonds is 1. The minimum absolute atomic E-state index is 0.451. The number of hydrogen-bond donors (Lipinski definition) is 1. The van der Waals surface area contributed by atoms with Gasteiger partial charge in [0.2, 0.25) is 0 Å². The van der Waals surface area contributed by atoms with Crippen LogP contribution in [-0.4, -0.2) is 10.7 Å². The van der Waals surface area contributed by atoms with Gasteiger partial charge in [-0.15, -0.1) is 0 Å². The molecule has 0 aromatic heterocycles. The van der Waals surface area contributed by atoms with Crippen molar-refractivity contribution in [3.63, 3.8) is 0 Å². The lowest BCUT2D eigenvalue weighted by molar-refractivity contribution is 0.0512. The van der Waals surface area contributed by atoms with E-state index in [-0.39, 0.29) is 0 Å². The van der Waals surface area contributed by atoms with Crippen molar-refractivity contribution in [2.75, 3.05) is 0 Å². The van der Waals surface area contributed by atoms with Crippen LogP contribution in [0.25, 0.3) is 0 Å². The van der Waals surface area contributed by atoms with Crippen LogP contribution in [0.5, 0.6) is 0 Å². The zero-order valence-corrected chi connectivity index (χ0v) is 8.64. The Morgan fingerprint density at radius 3 is 2.00 bits per heavy atom. The second-order valence-corrected chi connectivity index (χ2v) is 3.16. The van der Waals surface area contributed by atoms with Gasteiger partial charge in [-0.3, -0.25) is 0 Å². The van der Waals surface area contributed by atoms with Crippen molar-refractivity contribution in [1.82, 2.24) is 0 Å². The molecule has 1 heteroatoms. The van der Waals surface area contributed by atoms with E-state index in [0.717, 1.165) is 12.8 Å². The summed E-state index contributed by atoms with van der Waals surface area (Å²) in [4.78, 5) is 0. The average Bonchev–Trinajstić information content (AvgIpc) is 2.09. The van der Waals surface area contributed by atoms with Gasteiger partial charge in [-0.05, 0) is 19.8 Å². The van der Waals surface area contributed by atoms with Crippen LogP contribution in [0.1, 0.15) is 52.9 Å². The van der Waals surface area contributed by atoms with Crippen molar-refractivity contribution in [2.24, 2.45) is 0 Å². The van der Waals surface area contributed by atoms with Gasteiger partial charge in [-0.1, -0.05) is 45.3 Å². The quantitative estimate of drug-likeness (QED) is 0.599. The number of aliphatic hydroxyl groups is 1. The maximum absolute atomic E-state index is 9.78. The zero-order chi connectivity index (χ0) is 9.45. The Bertz CT molecular complexity index is 121. The standard InChI is InChI=1S/C9H16O.C2H6/c1-2-6-9(10)7-4-3-5-8-9;1-2/h2,6,10H,3-5,7-8H2,1H3;1-2H3. The van der Waals surface area contributed by atoms with Gasteiger partial charge < -0.3 is 5.11 Å². The van der Waals surface area contributed by atoms with Gasteiger partial charge in [0.1, 0.15) is 0 Å². The van der Waals surface area contributed by atoms with Crippen LogP contribution >= 0.6 is 0 Å². The van der Waals surface area contributed by atoms with E-state index in [1.54, 1.807) is 0 Å². The molecule has 1 saturated carbocycles. The minimum atomic E-state index is -0.451. The van der Waals surface area contributed by atoms with Crippen LogP contribution < -0.4 is 0 Å². The van der Waals surface area contributed by atoms with Crippen LogP contribution in [0.3, 0.4) is 0 Å². The molecule has 0 bridgehead atoms. The van der Waals surface area contributed by atoms with Crippen LogP contribution in [0.15, 0.2) is 12.2 Å². The highest BCUT2D eigenvalue weighted by Crippen LogP contribution is 2.28. The Labute approximate surface area is 76.5 Å². The number of allylic oxidation sites excluding steroid dienone is 1. The topological polar surface area (TPSA) is 20.2 Å². The Kier molecular flexibility index (Phi) is 6.09. The molecule has 1 nitrogen and oxygen atoms in total. The first-order valence-corrected chi connectivity index (χ1v) is 5.13. The average molecular weight is 170 g/mol. The normalized spacial score (nSPS) is 21.7. The highest BCUT2D eigenvalue weighted by atomic mass is 16.3. The molecule has 0 saturated heterocycles. The third kappa shape index (κ3) is 3.91. The molecular formula is C11H22O. The van der Waals surface area contributed by atoms with Gasteiger partial charge in [0.25, 0.3) is 0 Å². The van der Waals surface area contributed by atoms with Gasteiger partial charge in [0.15, 0.2) is 0 Å². The summed E-state index contributed by atoms with van der Waals surface area (Å²) in [6, 6.07) is 0. The van der Waals surface area contributed by atoms with E-state index in [1.165, 1.54) is 19.3 Å². The summed E-state index contributed by atoms with van der Waals surface area (Å²) in [6.45, 7) is 5.96. The monoisotopic (exact) mass is 170 g/mol. The fourth-order valence-corrected chi connectivity index (χ4v) is 1.64. The molecule has 0 spiro atoms. The van der Waals surface area contributed by atoms with Gasteiger partial charge in [-0.2, -0.15) is 0 Å². The van der Waals surface area contributed by atoms with Gasteiger partial charge in [0, 0.05) is 0 Å². The van der Waals surface area contributed by atoms with Crippen molar-refractivity contribution in [1.29, 1.82) is 0 Å². The summed E-state index contributed by atoms with van der Waals surface area (Å²) < 4.78 is 0. The molecular weight excluding hydrogens is 148 g/mol. The summed E-state index contributed by atoms with van der Waals surface area (Å²) in [6.07, 6.45) is 9.45. The van der Waals surface area contributed by atoms with Crippen molar-refractivity contribution < 1.29 is 5.11 Å². The van der Waals surface area contributed by atoms with E-state index in [2.05, 4.69) is 0 Å². The maximum atomic E-state index is 9.78. The molecule has 0 aromatic rings. The van der Waals surface area contributed by atoms with E-state index in [4.69, 9.17) is 0 Å². The largest absolute Gasteiger partial charge is 0.386 e. The van der Waals surface area contributed by atoms with Crippen LogP contribution in [0.2, 0.25) is 0 Å². The van der Waals surface area contributed by atoms with Crippen molar-refractivity contribution in [2.45, 2.75) is 58.5 Å². The minimum Gasteiger partial charge on any atom is -0.386 e. The Balaban J connectivity index is 0.000000561. The summed E-state index contributed by atoms with van der Waals surface area (Å²) in [5, 5.41) is 9.78. The molecule has 0 atom stereocenters. The van der Waals surface area contributed by atoms with Crippen LogP contribution in [0, 0.1) is 0 Å². The SMILES string of the molecule is CC.CC=CC1(O)CCCCC1. The fraction of sp³-hybridized carbons (Fsp3) is 0.818. The summed E-state index contributed by atoms with van der Waals surface area (Å²) >= 11 is 0.